The van der Waals surface area contributed by atoms with Gasteiger partial charge in [0.15, 0.2) is 11.6 Å². The summed E-state index contributed by atoms with van der Waals surface area (Å²) < 4.78 is 27.6. The number of benzene rings is 2. The second-order valence-corrected chi connectivity index (χ2v) is 7.12. The number of hydrogen-bond donors (Lipinski definition) is 2. The molecule has 4 aromatic rings. The summed E-state index contributed by atoms with van der Waals surface area (Å²) in [4.78, 5) is 8.49. The Hall–Kier alpha value is -2.72. The lowest BCUT2D eigenvalue weighted by Crippen LogP contribution is -1.85. The number of rotatable bonds is 5. The Morgan fingerprint density at radius 2 is 1.08 bits per heavy atom. The third-order valence-corrected chi connectivity index (χ3v) is 5.27. The normalized spacial score (nSPS) is 11.0. The fraction of sp³-hybridized carbons (Fsp3) is 0. The molecule has 130 valence electrons. The van der Waals surface area contributed by atoms with E-state index in [0.717, 1.165) is 0 Å². The first-order valence-electron chi connectivity index (χ1n) is 7.40. The zero-order valence-corrected chi connectivity index (χ0v) is 14.6. The topological polar surface area (TPSA) is 83.1 Å². The first-order chi connectivity index (χ1) is 12.7. The average Bonchev–Trinajstić information content (AvgIpc) is 3.30. The van der Waals surface area contributed by atoms with Gasteiger partial charge in [0.2, 0.25) is 10.3 Å². The number of aromatic nitrogens is 6. The molecule has 6 nitrogen and oxygen atoms in total. The van der Waals surface area contributed by atoms with Gasteiger partial charge in [0, 0.05) is 0 Å². The van der Waals surface area contributed by atoms with Crippen molar-refractivity contribution in [3.8, 4) is 22.8 Å². The SMILES string of the molecule is Fc1ccccc1-c1nc(SSc2n[nH]c(-c3ccccc3F)n2)n[nH]1. The van der Waals surface area contributed by atoms with Crippen LogP contribution in [0.15, 0.2) is 58.8 Å². The lowest BCUT2D eigenvalue weighted by Gasteiger charge is -1.96. The van der Waals surface area contributed by atoms with Gasteiger partial charge in [0.25, 0.3) is 0 Å². The van der Waals surface area contributed by atoms with Gasteiger partial charge < -0.3 is 0 Å². The van der Waals surface area contributed by atoms with E-state index in [2.05, 4.69) is 30.4 Å². The van der Waals surface area contributed by atoms with E-state index in [1.54, 1.807) is 36.4 Å². The van der Waals surface area contributed by atoms with Crippen molar-refractivity contribution >= 4 is 21.6 Å². The largest absolute Gasteiger partial charge is 0.258 e. The molecule has 0 spiro atoms. The average molecular weight is 388 g/mol. The number of nitrogens with one attached hydrogen (secondary N) is 2. The smallest absolute Gasteiger partial charge is 0.219 e. The Bertz CT molecular complexity index is 965. The number of halogens is 2. The molecule has 10 heteroatoms. The quantitative estimate of drug-likeness (QED) is 0.495. The molecule has 0 aliphatic rings. The van der Waals surface area contributed by atoms with Crippen LogP contribution < -0.4 is 0 Å². The lowest BCUT2D eigenvalue weighted by molar-refractivity contribution is 0.629. The monoisotopic (exact) mass is 388 g/mol. The van der Waals surface area contributed by atoms with E-state index in [-0.39, 0.29) is 11.6 Å². The maximum absolute atomic E-state index is 13.8. The third kappa shape index (κ3) is 3.46. The Morgan fingerprint density at radius 3 is 1.50 bits per heavy atom. The van der Waals surface area contributed by atoms with Crippen LogP contribution in [0.3, 0.4) is 0 Å². The van der Waals surface area contributed by atoms with Gasteiger partial charge in [-0.1, -0.05) is 24.3 Å². The molecule has 0 amide bonds. The fourth-order valence-electron chi connectivity index (χ4n) is 2.19. The van der Waals surface area contributed by atoms with Crippen LogP contribution in [0.1, 0.15) is 0 Å². The Labute approximate surface area is 154 Å². The minimum Gasteiger partial charge on any atom is -0.258 e. The van der Waals surface area contributed by atoms with E-state index in [1.165, 1.54) is 33.7 Å². The highest BCUT2D eigenvalue weighted by atomic mass is 33.1. The second-order valence-electron chi connectivity index (χ2n) is 5.06. The summed E-state index contributed by atoms with van der Waals surface area (Å²) in [6.45, 7) is 0. The molecule has 2 aromatic heterocycles. The van der Waals surface area contributed by atoms with E-state index in [1.807, 2.05) is 0 Å². The zero-order valence-electron chi connectivity index (χ0n) is 13.0. The standard InChI is InChI=1S/C16H10F2N6S2/c17-11-7-3-1-5-9(11)13-19-15(23-21-13)25-26-16-20-14(22-24-16)10-6-2-4-8-12(10)18/h1-8H,(H,19,21,23)(H,20,22,24). The van der Waals surface area contributed by atoms with E-state index in [4.69, 9.17) is 0 Å². The maximum atomic E-state index is 13.8. The summed E-state index contributed by atoms with van der Waals surface area (Å²) >= 11 is 0. The first-order valence-corrected chi connectivity index (χ1v) is 9.55. The Balaban J connectivity index is 1.46. The van der Waals surface area contributed by atoms with Gasteiger partial charge in [-0.25, -0.2) is 18.7 Å². The number of H-pyrrole nitrogens is 2. The number of nitrogens with zero attached hydrogens (tertiary/aromatic N) is 4. The van der Waals surface area contributed by atoms with E-state index in [0.29, 0.717) is 33.1 Å². The van der Waals surface area contributed by atoms with Crippen molar-refractivity contribution in [3.05, 3.63) is 60.2 Å². The first kappa shape index (κ1) is 16.7. The van der Waals surface area contributed by atoms with E-state index < -0.39 is 0 Å². The molecule has 0 atom stereocenters. The van der Waals surface area contributed by atoms with Gasteiger partial charge in [-0.3, -0.25) is 10.2 Å². The minimum absolute atomic E-state index is 0.341. The molecule has 2 heterocycles. The van der Waals surface area contributed by atoms with Crippen molar-refractivity contribution in [2.75, 3.05) is 0 Å². The van der Waals surface area contributed by atoms with Gasteiger partial charge in [0.05, 0.1) is 11.1 Å². The minimum atomic E-state index is -0.378. The molecule has 2 aromatic carbocycles. The van der Waals surface area contributed by atoms with Crippen LogP contribution >= 0.6 is 21.6 Å². The summed E-state index contributed by atoms with van der Waals surface area (Å²) in [5, 5.41) is 14.3. The molecule has 0 fully saturated rings. The van der Waals surface area contributed by atoms with Gasteiger partial charge in [-0.05, 0) is 45.9 Å². The summed E-state index contributed by atoms with van der Waals surface area (Å²) in [7, 11) is 2.42. The highest BCUT2D eigenvalue weighted by molar-refractivity contribution is 8.76. The molecule has 0 aliphatic heterocycles. The van der Waals surface area contributed by atoms with Crippen molar-refractivity contribution in [2.24, 2.45) is 0 Å². The van der Waals surface area contributed by atoms with Crippen molar-refractivity contribution in [2.45, 2.75) is 10.3 Å². The van der Waals surface area contributed by atoms with Crippen LogP contribution in [0.25, 0.3) is 22.8 Å². The van der Waals surface area contributed by atoms with Crippen LogP contribution in [-0.2, 0) is 0 Å². The summed E-state index contributed by atoms with van der Waals surface area (Å²) in [5.74, 6) is -0.0748. The fourth-order valence-corrected chi connectivity index (χ4v) is 3.66. The van der Waals surface area contributed by atoms with Crippen LogP contribution in [-0.4, -0.2) is 30.4 Å². The molecule has 0 saturated carbocycles. The Kier molecular flexibility index (Phi) is 4.67. The highest BCUT2D eigenvalue weighted by Crippen LogP contribution is 2.35. The molecule has 0 unspecified atom stereocenters. The summed E-state index contributed by atoms with van der Waals surface area (Å²) in [6, 6.07) is 12.6. The van der Waals surface area contributed by atoms with Crippen molar-refractivity contribution in [1.29, 1.82) is 0 Å². The van der Waals surface area contributed by atoms with E-state index >= 15 is 0 Å². The second kappa shape index (κ2) is 7.26. The molecular weight excluding hydrogens is 378 g/mol. The van der Waals surface area contributed by atoms with E-state index in [9.17, 15) is 8.78 Å². The molecular formula is C16H10F2N6S2. The predicted molar refractivity (Wildman–Crippen MR) is 95.3 cm³/mol. The third-order valence-electron chi connectivity index (χ3n) is 3.38. The molecule has 0 saturated heterocycles. The van der Waals surface area contributed by atoms with Crippen molar-refractivity contribution < 1.29 is 8.78 Å². The van der Waals surface area contributed by atoms with Crippen LogP contribution in [0.2, 0.25) is 0 Å². The predicted octanol–water partition coefficient (Wildman–Crippen LogP) is 4.33. The molecule has 4 rings (SSSR count). The summed E-state index contributed by atoms with van der Waals surface area (Å²) in [6.07, 6.45) is 0. The van der Waals surface area contributed by atoms with Crippen LogP contribution in [0.4, 0.5) is 8.78 Å². The molecule has 26 heavy (non-hydrogen) atoms. The van der Waals surface area contributed by atoms with Gasteiger partial charge >= 0.3 is 0 Å². The number of hydrogen-bond acceptors (Lipinski definition) is 6. The maximum Gasteiger partial charge on any atom is 0.219 e. The molecule has 2 N–H and O–H groups in total. The lowest BCUT2D eigenvalue weighted by atomic mass is 10.2. The molecule has 0 aliphatic carbocycles. The van der Waals surface area contributed by atoms with Gasteiger partial charge in [-0.2, -0.15) is 0 Å². The molecule has 0 radical (unpaired) electrons. The van der Waals surface area contributed by atoms with Crippen molar-refractivity contribution in [3.63, 3.8) is 0 Å². The van der Waals surface area contributed by atoms with Gasteiger partial charge in [0.1, 0.15) is 11.6 Å². The highest BCUT2D eigenvalue weighted by Gasteiger charge is 2.13. The van der Waals surface area contributed by atoms with Crippen molar-refractivity contribution in [1.82, 2.24) is 30.4 Å². The summed E-state index contributed by atoms with van der Waals surface area (Å²) in [5.41, 5.74) is 0.688. The van der Waals surface area contributed by atoms with Crippen LogP contribution in [0, 0.1) is 11.6 Å². The Morgan fingerprint density at radius 1 is 0.654 bits per heavy atom. The number of aromatic amines is 2. The zero-order chi connectivity index (χ0) is 17.9. The van der Waals surface area contributed by atoms with Gasteiger partial charge in [-0.15, -0.1) is 10.2 Å². The molecule has 0 bridgehead atoms. The van der Waals surface area contributed by atoms with Crippen LogP contribution in [0.5, 0.6) is 0 Å².